The molecule has 3 nitrogen and oxygen atoms in total. The summed E-state index contributed by atoms with van der Waals surface area (Å²) in [6.07, 6.45) is 4.27. The van der Waals surface area contributed by atoms with Crippen LogP contribution in [-0.4, -0.2) is 56.6 Å². The molecule has 1 rings (SSSR count). The van der Waals surface area contributed by atoms with Crippen LogP contribution in [0.1, 0.15) is 0 Å². The molecule has 0 aliphatic carbocycles. The van der Waals surface area contributed by atoms with Crippen molar-refractivity contribution < 1.29 is 0 Å². The first-order chi connectivity index (χ1) is 6.70. The van der Waals surface area contributed by atoms with Crippen LogP contribution >= 0.6 is 0 Å². The van der Waals surface area contributed by atoms with Gasteiger partial charge in [0.05, 0.1) is 0 Å². The van der Waals surface area contributed by atoms with Crippen LogP contribution in [0, 0.1) is 0 Å². The van der Waals surface area contributed by atoms with E-state index >= 15 is 0 Å². The van der Waals surface area contributed by atoms with Crippen molar-refractivity contribution in [3.8, 4) is 0 Å². The third-order valence-corrected chi connectivity index (χ3v) is 2.30. The van der Waals surface area contributed by atoms with Gasteiger partial charge in [-0.3, -0.25) is 0 Å². The topological polar surface area (TPSA) is 18.5 Å². The Morgan fingerprint density at radius 3 is 2.64 bits per heavy atom. The first-order valence-corrected chi connectivity index (χ1v) is 5.16. The Balaban J connectivity index is 2.29. The van der Waals surface area contributed by atoms with Crippen LogP contribution in [0.15, 0.2) is 24.4 Å². The SMILES string of the molecule is C=C(/C=C/CN(C)C)N1CCNCC1. The zero-order valence-electron chi connectivity index (χ0n) is 9.29. The molecule has 3 heteroatoms. The summed E-state index contributed by atoms with van der Waals surface area (Å²) in [4.78, 5) is 4.46. The van der Waals surface area contributed by atoms with Gasteiger partial charge in [0.1, 0.15) is 0 Å². The molecule has 0 aromatic heterocycles. The maximum absolute atomic E-state index is 4.07. The van der Waals surface area contributed by atoms with Gasteiger partial charge >= 0.3 is 0 Å². The molecule has 0 bridgehead atoms. The lowest BCUT2D eigenvalue weighted by Crippen LogP contribution is -2.42. The number of nitrogens with one attached hydrogen (secondary N) is 1. The van der Waals surface area contributed by atoms with E-state index in [0.29, 0.717) is 0 Å². The van der Waals surface area contributed by atoms with Crippen LogP contribution in [0.25, 0.3) is 0 Å². The Bertz CT molecular complexity index is 203. The molecule has 0 aromatic carbocycles. The second kappa shape index (κ2) is 5.83. The number of allylic oxidation sites excluding steroid dienone is 1. The molecule has 0 saturated carbocycles. The van der Waals surface area contributed by atoms with Gasteiger partial charge in [0.25, 0.3) is 0 Å². The van der Waals surface area contributed by atoms with Crippen molar-refractivity contribution in [2.45, 2.75) is 0 Å². The Morgan fingerprint density at radius 2 is 2.07 bits per heavy atom. The van der Waals surface area contributed by atoms with E-state index in [4.69, 9.17) is 0 Å². The molecule has 0 aromatic rings. The van der Waals surface area contributed by atoms with E-state index in [0.717, 1.165) is 38.4 Å². The number of hydrogen-bond donors (Lipinski definition) is 1. The summed E-state index contributed by atoms with van der Waals surface area (Å²) in [7, 11) is 4.13. The molecule has 0 atom stereocenters. The lowest BCUT2D eigenvalue weighted by molar-refractivity contribution is 0.308. The summed E-state index contributed by atoms with van der Waals surface area (Å²) in [6, 6.07) is 0. The van der Waals surface area contributed by atoms with Gasteiger partial charge in [0, 0.05) is 38.4 Å². The summed E-state index contributed by atoms with van der Waals surface area (Å²) in [6.45, 7) is 9.33. The summed E-state index contributed by atoms with van der Waals surface area (Å²) in [5, 5.41) is 3.33. The molecule has 0 spiro atoms. The minimum absolute atomic E-state index is 0.977. The van der Waals surface area contributed by atoms with Gasteiger partial charge in [-0.05, 0) is 20.2 Å². The first kappa shape index (κ1) is 11.3. The molecule has 80 valence electrons. The van der Waals surface area contributed by atoms with Gasteiger partial charge < -0.3 is 15.1 Å². The van der Waals surface area contributed by atoms with Gasteiger partial charge in [-0.1, -0.05) is 12.7 Å². The standard InChI is InChI=1S/C11H21N3/c1-11(5-4-8-13(2)3)14-9-6-12-7-10-14/h4-5,12H,1,6-10H2,2-3H3/b5-4+. The molecular formula is C11H21N3. The van der Waals surface area contributed by atoms with Gasteiger partial charge in [-0.25, -0.2) is 0 Å². The van der Waals surface area contributed by atoms with Crippen molar-refractivity contribution in [2.75, 3.05) is 46.8 Å². The molecule has 0 radical (unpaired) electrons. The van der Waals surface area contributed by atoms with Crippen LogP contribution in [0.5, 0.6) is 0 Å². The average Bonchev–Trinajstić information content (AvgIpc) is 2.18. The molecule has 14 heavy (non-hydrogen) atoms. The summed E-state index contributed by atoms with van der Waals surface area (Å²) >= 11 is 0. The third kappa shape index (κ3) is 3.94. The van der Waals surface area contributed by atoms with E-state index in [1.165, 1.54) is 0 Å². The molecule has 1 aliphatic rings. The second-order valence-corrected chi connectivity index (χ2v) is 3.89. The van der Waals surface area contributed by atoms with Crippen molar-refractivity contribution in [1.82, 2.24) is 15.1 Å². The predicted octanol–water partition coefficient (Wildman–Crippen LogP) is 0.523. The van der Waals surface area contributed by atoms with Gasteiger partial charge in [0.15, 0.2) is 0 Å². The molecule has 0 amide bonds. The number of likely N-dealkylation sites (N-methyl/N-ethyl adjacent to an activating group) is 1. The lowest BCUT2D eigenvalue weighted by Gasteiger charge is -2.29. The van der Waals surface area contributed by atoms with Crippen LogP contribution in [0.2, 0.25) is 0 Å². The fourth-order valence-electron chi connectivity index (χ4n) is 1.46. The van der Waals surface area contributed by atoms with Crippen molar-refractivity contribution in [3.05, 3.63) is 24.4 Å². The van der Waals surface area contributed by atoms with E-state index in [1.54, 1.807) is 0 Å². The molecular weight excluding hydrogens is 174 g/mol. The Hall–Kier alpha value is -0.800. The first-order valence-electron chi connectivity index (χ1n) is 5.16. The minimum atomic E-state index is 0.977. The molecule has 1 saturated heterocycles. The lowest BCUT2D eigenvalue weighted by atomic mass is 10.3. The third-order valence-electron chi connectivity index (χ3n) is 2.30. The monoisotopic (exact) mass is 195 g/mol. The smallest absolute Gasteiger partial charge is 0.0303 e. The summed E-state index contributed by atoms with van der Waals surface area (Å²) in [5.41, 5.74) is 1.13. The normalized spacial score (nSPS) is 18.1. The fraction of sp³-hybridized carbons (Fsp3) is 0.636. The van der Waals surface area contributed by atoms with Crippen molar-refractivity contribution in [3.63, 3.8) is 0 Å². The average molecular weight is 195 g/mol. The van der Waals surface area contributed by atoms with Gasteiger partial charge in [-0.15, -0.1) is 0 Å². The van der Waals surface area contributed by atoms with E-state index in [2.05, 4.69) is 47.9 Å². The largest absolute Gasteiger partial charge is 0.369 e. The van der Waals surface area contributed by atoms with Crippen molar-refractivity contribution in [1.29, 1.82) is 0 Å². The molecule has 1 N–H and O–H groups in total. The molecule has 0 unspecified atom stereocenters. The van der Waals surface area contributed by atoms with Crippen LogP contribution < -0.4 is 5.32 Å². The Labute approximate surface area is 87.1 Å². The highest BCUT2D eigenvalue weighted by atomic mass is 15.2. The van der Waals surface area contributed by atoms with Crippen molar-refractivity contribution >= 4 is 0 Å². The summed E-state index contributed by atoms with van der Waals surface area (Å²) < 4.78 is 0. The van der Waals surface area contributed by atoms with Crippen molar-refractivity contribution in [2.24, 2.45) is 0 Å². The highest BCUT2D eigenvalue weighted by Crippen LogP contribution is 2.04. The summed E-state index contributed by atoms with van der Waals surface area (Å²) in [5.74, 6) is 0. The quantitative estimate of drug-likeness (QED) is 0.660. The minimum Gasteiger partial charge on any atom is -0.369 e. The fourth-order valence-corrected chi connectivity index (χ4v) is 1.46. The number of nitrogens with zero attached hydrogens (tertiary/aromatic N) is 2. The molecule has 1 heterocycles. The van der Waals surface area contributed by atoms with Crippen LogP contribution in [-0.2, 0) is 0 Å². The zero-order valence-corrected chi connectivity index (χ0v) is 9.29. The van der Waals surface area contributed by atoms with Gasteiger partial charge in [0.2, 0.25) is 0 Å². The van der Waals surface area contributed by atoms with Crippen LogP contribution in [0.3, 0.4) is 0 Å². The number of rotatable bonds is 4. The molecule has 1 fully saturated rings. The van der Waals surface area contributed by atoms with Crippen LogP contribution in [0.4, 0.5) is 0 Å². The highest BCUT2D eigenvalue weighted by Gasteiger charge is 2.08. The van der Waals surface area contributed by atoms with E-state index in [-0.39, 0.29) is 0 Å². The molecule has 1 aliphatic heterocycles. The van der Waals surface area contributed by atoms with E-state index in [1.807, 2.05) is 0 Å². The maximum Gasteiger partial charge on any atom is 0.0303 e. The second-order valence-electron chi connectivity index (χ2n) is 3.89. The Morgan fingerprint density at radius 1 is 1.43 bits per heavy atom. The Kier molecular flexibility index (Phi) is 4.70. The highest BCUT2D eigenvalue weighted by molar-refractivity contribution is 5.14. The number of piperazine rings is 1. The van der Waals surface area contributed by atoms with Gasteiger partial charge in [-0.2, -0.15) is 0 Å². The van der Waals surface area contributed by atoms with E-state index in [9.17, 15) is 0 Å². The number of hydrogen-bond acceptors (Lipinski definition) is 3. The zero-order chi connectivity index (χ0) is 10.4. The predicted molar refractivity (Wildman–Crippen MR) is 61.3 cm³/mol. The maximum atomic E-state index is 4.07. The van der Waals surface area contributed by atoms with E-state index < -0.39 is 0 Å².